The maximum atomic E-state index is 12.3. The maximum Gasteiger partial charge on any atom is 0.422 e. The highest BCUT2D eigenvalue weighted by molar-refractivity contribution is 5.98. The van der Waals surface area contributed by atoms with E-state index in [9.17, 15) is 28.1 Å². The Hall–Kier alpha value is -3.18. The third kappa shape index (κ3) is 5.66. The molecule has 0 fully saturated rings. The van der Waals surface area contributed by atoms with Gasteiger partial charge in [0.25, 0.3) is 11.6 Å². The lowest BCUT2D eigenvalue weighted by atomic mass is 9.97. The molecule has 0 aliphatic rings. The Balaban J connectivity index is 2.15. The number of nitro groups is 1. The number of amides is 1. The van der Waals surface area contributed by atoms with E-state index in [1.54, 1.807) is 0 Å². The van der Waals surface area contributed by atoms with Crippen LogP contribution in [0.5, 0.6) is 5.75 Å². The first kappa shape index (κ1) is 21.1. The summed E-state index contributed by atoms with van der Waals surface area (Å²) in [7, 11) is 0. The van der Waals surface area contributed by atoms with Gasteiger partial charge in [-0.1, -0.05) is 25.9 Å². The Labute approximate surface area is 157 Å². The van der Waals surface area contributed by atoms with Crippen molar-refractivity contribution < 1.29 is 32.1 Å². The SMILES string of the molecule is CC(C)(C)c1nc(CNC(=O)c2cc(OCC(F)(F)F)ccc2[N+](=O)[O-])no1. The number of carbonyl (C=O) groups is 1. The number of nitrogens with zero attached hydrogens (tertiary/aromatic N) is 3. The molecule has 28 heavy (non-hydrogen) atoms. The molecule has 0 aliphatic heterocycles. The van der Waals surface area contributed by atoms with E-state index in [0.717, 1.165) is 18.2 Å². The van der Waals surface area contributed by atoms with Crippen LogP contribution < -0.4 is 10.1 Å². The second-order valence-electron chi connectivity index (χ2n) is 6.79. The van der Waals surface area contributed by atoms with Gasteiger partial charge < -0.3 is 14.6 Å². The fourth-order valence-electron chi connectivity index (χ4n) is 2.00. The van der Waals surface area contributed by atoms with Gasteiger partial charge in [0.15, 0.2) is 12.4 Å². The summed E-state index contributed by atoms with van der Waals surface area (Å²) in [6.07, 6.45) is -4.59. The molecule has 2 aromatic rings. The van der Waals surface area contributed by atoms with Crippen LogP contribution in [-0.2, 0) is 12.0 Å². The van der Waals surface area contributed by atoms with E-state index in [1.165, 1.54) is 0 Å². The van der Waals surface area contributed by atoms with Gasteiger partial charge >= 0.3 is 6.18 Å². The molecule has 0 unspecified atom stereocenters. The lowest BCUT2D eigenvalue weighted by molar-refractivity contribution is -0.385. The molecule has 1 aromatic heterocycles. The normalized spacial score (nSPS) is 11.9. The molecule has 2 rings (SSSR count). The van der Waals surface area contributed by atoms with Crippen molar-refractivity contribution in [1.29, 1.82) is 0 Å². The number of benzene rings is 1. The monoisotopic (exact) mass is 402 g/mol. The summed E-state index contributed by atoms with van der Waals surface area (Å²) >= 11 is 0. The van der Waals surface area contributed by atoms with E-state index in [2.05, 4.69) is 20.2 Å². The van der Waals surface area contributed by atoms with Crippen molar-refractivity contribution in [3.05, 3.63) is 45.6 Å². The van der Waals surface area contributed by atoms with Gasteiger partial charge in [-0.05, 0) is 12.1 Å². The van der Waals surface area contributed by atoms with Crippen LogP contribution in [0.1, 0.15) is 42.8 Å². The quantitative estimate of drug-likeness (QED) is 0.582. The zero-order valence-electron chi connectivity index (χ0n) is 15.2. The number of carbonyl (C=O) groups excluding carboxylic acids is 1. The number of hydrogen-bond acceptors (Lipinski definition) is 7. The Morgan fingerprint density at radius 1 is 1.32 bits per heavy atom. The molecule has 0 bridgehead atoms. The van der Waals surface area contributed by atoms with Gasteiger partial charge in [0.05, 0.1) is 11.5 Å². The van der Waals surface area contributed by atoms with Crippen molar-refractivity contribution in [3.8, 4) is 5.75 Å². The Morgan fingerprint density at radius 3 is 2.54 bits per heavy atom. The van der Waals surface area contributed by atoms with Crippen LogP contribution in [-0.4, -0.2) is 33.8 Å². The van der Waals surface area contributed by atoms with Gasteiger partial charge in [-0.25, -0.2) is 0 Å². The van der Waals surface area contributed by atoms with Crippen LogP contribution >= 0.6 is 0 Å². The third-order valence-corrected chi connectivity index (χ3v) is 3.33. The van der Waals surface area contributed by atoms with Crippen molar-refractivity contribution in [2.24, 2.45) is 0 Å². The van der Waals surface area contributed by atoms with E-state index < -0.39 is 40.3 Å². The number of nitrogens with one attached hydrogen (secondary N) is 1. The summed E-state index contributed by atoms with van der Waals surface area (Å²) in [5, 5.41) is 17.2. The second-order valence-corrected chi connectivity index (χ2v) is 6.79. The molecule has 12 heteroatoms. The van der Waals surface area contributed by atoms with Crippen molar-refractivity contribution in [2.75, 3.05) is 6.61 Å². The summed E-state index contributed by atoms with van der Waals surface area (Å²) in [5.74, 6) is -0.746. The number of rotatable bonds is 6. The Kier molecular flexibility index (Phi) is 5.90. The summed E-state index contributed by atoms with van der Waals surface area (Å²) < 4.78 is 46.4. The van der Waals surface area contributed by atoms with Crippen LogP contribution in [0.15, 0.2) is 22.7 Å². The van der Waals surface area contributed by atoms with Crippen LogP contribution in [0.4, 0.5) is 18.9 Å². The van der Waals surface area contributed by atoms with Crippen molar-refractivity contribution in [1.82, 2.24) is 15.5 Å². The third-order valence-electron chi connectivity index (χ3n) is 3.33. The molecule has 152 valence electrons. The topological polar surface area (TPSA) is 120 Å². The van der Waals surface area contributed by atoms with E-state index in [4.69, 9.17) is 4.52 Å². The van der Waals surface area contributed by atoms with Gasteiger partial charge in [0, 0.05) is 11.5 Å². The van der Waals surface area contributed by atoms with E-state index in [1.807, 2.05) is 20.8 Å². The molecule has 0 radical (unpaired) electrons. The lowest BCUT2D eigenvalue weighted by Crippen LogP contribution is -2.25. The largest absolute Gasteiger partial charge is 0.484 e. The number of halogens is 3. The molecule has 9 nitrogen and oxygen atoms in total. The van der Waals surface area contributed by atoms with E-state index in [0.29, 0.717) is 5.89 Å². The van der Waals surface area contributed by atoms with Crippen LogP contribution in [0.25, 0.3) is 0 Å². The van der Waals surface area contributed by atoms with Crippen molar-refractivity contribution in [3.63, 3.8) is 0 Å². The van der Waals surface area contributed by atoms with Crippen molar-refractivity contribution in [2.45, 2.75) is 38.9 Å². The molecular formula is C16H17F3N4O5. The van der Waals surface area contributed by atoms with Gasteiger partial charge in [-0.2, -0.15) is 18.2 Å². The van der Waals surface area contributed by atoms with E-state index in [-0.39, 0.29) is 18.1 Å². The molecule has 1 amide bonds. The zero-order valence-corrected chi connectivity index (χ0v) is 15.2. The summed E-state index contributed by atoms with van der Waals surface area (Å²) in [6.45, 7) is 3.75. The highest BCUT2D eigenvalue weighted by Gasteiger charge is 2.29. The minimum atomic E-state index is -4.59. The smallest absolute Gasteiger partial charge is 0.422 e. The molecule has 0 atom stereocenters. The van der Waals surface area contributed by atoms with Crippen LogP contribution in [0, 0.1) is 10.1 Å². The molecule has 0 spiro atoms. The van der Waals surface area contributed by atoms with Gasteiger partial charge in [-0.3, -0.25) is 14.9 Å². The Morgan fingerprint density at radius 2 is 2.00 bits per heavy atom. The molecule has 0 aliphatic carbocycles. The number of hydrogen-bond donors (Lipinski definition) is 1. The second kappa shape index (κ2) is 7.82. The highest BCUT2D eigenvalue weighted by atomic mass is 19.4. The summed E-state index contributed by atoms with van der Waals surface area (Å²) in [6, 6.07) is 2.75. The molecule has 1 aromatic carbocycles. The fourth-order valence-corrected chi connectivity index (χ4v) is 2.00. The number of alkyl halides is 3. The number of nitro benzene ring substituents is 1. The molecule has 0 saturated heterocycles. The molecule has 0 saturated carbocycles. The fraction of sp³-hybridized carbons (Fsp3) is 0.438. The van der Waals surface area contributed by atoms with E-state index >= 15 is 0 Å². The number of aromatic nitrogens is 2. The van der Waals surface area contributed by atoms with Gasteiger partial charge in [0.1, 0.15) is 11.3 Å². The predicted molar refractivity (Wildman–Crippen MR) is 88.8 cm³/mol. The van der Waals surface area contributed by atoms with Gasteiger partial charge in [-0.15, -0.1) is 0 Å². The first-order valence-electron chi connectivity index (χ1n) is 7.96. The standard InChI is InChI=1S/C16H17F3N4O5/c1-15(2,3)14-21-12(22-28-14)7-20-13(24)10-6-9(27-8-16(17,18)19)4-5-11(10)23(25)26/h4-6H,7-8H2,1-3H3,(H,20,24). The average Bonchev–Trinajstić information content (AvgIpc) is 3.06. The molecule has 1 N–H and O–H groups in total. The Bertz CT molecular complexity index is 874. The summed E-state index contributed by atoms with van der Waals surface area (Å²) in [4.78, 5) is 26.7. The minimum Gasteiger partial charge on any atom is -0.484 e. The van der Waals surface area contributed by atoms with Crippen LogP contribution in [0.3, 0.4) is 0 Å². The first-order chi connectivity index (χ1) is 12.9. The lowest BCUT2D eigenvalue weighted by Gasteiger charge is -2.11. The maximum absolute atomic E-state index is 12.3. The van der Waals surface area contributed by atoms with Gasteiger partial charge in [0.2, 0.25) is 5.89 Å². The highest BCUT2D eigenvalue weighted by Crippen LogP contribution is 2.26. The average molecular weight is 402 g/mol. The zero-order chi connectivity index (χ0) is 21.1. The molecular weight excluding hydrogens is 385 g/mol. The first-order valence-corrected chi connectivity index (χ1v) is 7.96. The van der Waals surface area contributed by atoms with Crippen LogP contribution in [0.2, 0.25) is 0 Å². The minimum absolute atomic E-state index is 0.144. The molecule has 1 heterocycles. The number of ether oxygens (including phenoxy) is 1. The predicted octanol–water partition coefficient (Wildman–Crippen LogP) is 3.15. The summed E-state index contributed by atoms with van der Waals surface area (Å²) in [5.41, 5.74) is -1.44. The van der Waals surface area contributed by atoms with Crippen molar-refractivity contribution >= 4 is 11.6 Å².